The van der Waals surface area contributed by atoms with Crippen LogP contribution in [0.5, 0.6) is 5.75 Å². The van der Waals surface area contributed by atoms with E-state index in [0.717, 1.165) is 0 Å². The van der Waals surface area contributed by atoms with Gasteiger partial charge in [0.05, 0.1) is 0 Å². The summed E-state index contributed by atoms with van der Waals surface area (Å²) in [6.45, 7) is -0.868. The molecule has 3 nitrogen and oxygen atoms in total. The average molecular weight is 170 g/mol. The van der Waals surface area contributed by atoms with Crippen LogP contribution in [0.25, 0.3) is 0 Å². The molecule has 0 unspecified atom stereocenters. The molecule has 0 heterocycles. The molecular weight excluding hydrogens is 163 g/mol. The monoisotopic (exact) mass is 170 g/mol. The van der Waals surface area contributed by atoms with Crippen LogP contribution >= 0.6 is 0 Å². The highest BCUT2D eigenvalue weighted by Gasteiger charge is 2.11. The van der Waals surface area contributed by atoms with E-state index in [4.69, 9.17) is 10.2 Å². The lowest BCUT2D eigenvalue weighted by atomic mass is 10.1. The molecule has 1 aromatic rings. The Hall–Kier alpha value is -1.58. The molecule has 0 aromatic heterocycles. The Balaban J connectivity index is 3.23. The van der Waals surface area contributed by atoms with Crippen molar-refractivity contribution in [1.29, 1.82) is 0 Å². The molecule has 0 saturated carbocycles. The quantitative estimate of drug-likeness (QED) is 0.708. The van der Waals surface area contributed by atoms with Crippen molar-refractivity contribution in [3.63, 3.8) is 0 Å². The van der Waals surface area contributed by atoms with Gasteiger partial charge in [-0.25, -0.2) is 9.18 Å². The van der Waals surface area contributed by atoms with Gasteiger partial charge >= 0.3 is 5.97 Å². The van der Waals surface area contributed by atoms with Gasteiger partial charge in [-0.3, -0.25) is 0 Å². The van der Waals surface area contributed by atoms with Gasteiger partial charge in [-0.1, -0.05) is 12.1 Å². The summed E-state index contributed by atoms with van der Waals surface area (Å²) in [7, 11) is 0. The highest BCUT2D eigenvalue weighted by Crippen LogP contribution is 2.22. The van der Waals surface area contributed by atoms with Crippen LogP contribution in [0.1, 0.15) is 15.9 Å². The van der Waals surface area contributed by atoms with Crippen molar-refractivity contribution in [3.05, 3.63) is 29.3 Å². The van der Waals surface area contributed by atoms with Gasteiger partial charge in [0.15, 0.2) is 0 Å². The second-order valence-electron chi connectivity index (χ2n) is 2.25. The summed E-state index contributed by atoms with van der Waals surface area (Å²) >= 11 is 0. The molecular formula is C8H7FO3. The average Bonchev–Trinajstić information content (AvgIpc) is 2.04. The first-order chi connectivity index (χ1) is 5.66. The van der Waals surface area contributed by atoms with Crippen molar-refractivity contribution in [2.75, 3.05) is 0 Å². The van der Waals surface area contributed by atoms with Crippen LogP contribution in [0, 0.1) is 0 Å². The van der Waals surface area contributed by atoms with Crippen molar-refractivity contribution in [2.24, 2.45) is 0 Å². The van der Waals surface area contributed by atoms with Crippen LogP contribution in [0.2, 0.25) is 0 Å². The number of aromatic hydroxyl groups is 1. The molecule has 64 valence electrons. The van der Waals surface area contributed by atoms with Gasteiger partial charge in [-0.15, -0.1) is 0 Å². The van der Waals surface area contributed by atoms with Crippen LogP contribution in [-0.4, -0.2) is 16.2 Å². The maximum absolute atomic E-state index is 12.1. The zero-order chi connectivity index (χ0) is 9.14. The van der Waals surface area contributed by atoms with Gasteiger partial charge in [0.25, 0.3) is 0 Å². The van der Waals surface area contributed by atoms with E-state index in [0.29, 0.717) is 0 Å². The van der Waals surface area contributed by atoms with Gasteiger partial charge in [0.2, 0.25) is 0 Å². The molecule has 0 aliphatic rings. The summed E-state index contributed by atoms with van der Waals surface area (Å²) in [6, 6.07) is 3.94. The Labute approximate surface area is 68.1 Å². The number of para-hydroxylation sites is 1. The Morgan fingerprint density at radius 3 is 2.67 bits per heavy atom. The summed E-state index contributed by atoms with van der Waals surface area (Å²) in [5.41, 5.74) is -0.278. The van der Waals surface area contributed by atoms with Gasteiger partial charge in [0.1, 0.15) is 18.0 Å². The maximum Gasteiger partial charge on any atom is 0.339 e. The van der Waals surface area contributed by atoms with Crippen molar-refractivity contribution < 1.29 is 19.4 Å². The summed E-state index contributed by atoms with van der Waals surface area (Å²) in [6.07, 6.45) is 0. The predicted octanol–water partition coefficient (Wildman–Crippen LogP) is 1.56. The van der Waals surface area contributed by atoms with E-state index in [1.807, 2.05) is 0 Å². The fourth-order valence-corrected chi connectivity index (χ4v) is 0.872. The second kappa shape index (κ2) is 3.21. The Morgan fingerprint density at radius 2 is 2.17 bits per heavy atom. The third-order valence-corrected chi connectivity index (χ3v) is 1.49. The molecule has 4 heteroatoms. The molecule has 0 saturated heterocycles. The number of aromatic carboxylic acids is 1. The summed E-state index contributed by atoms with van der Waals surface area (Å²) in [5.74, 6) is -1.75. The third-order valence-electron chi connectivity index (χ3n) is 1.49. The van der Waals surface area contributed by atoms with Crippen LogP contribution in [-0.2, 0) is 6.67 Å². The van der Waals surface area contributed by atoms with Crippen molar-refractivity contribution in [2.45, 2.75) is 6.67 Å². The van der Waals surface area contributed by atoms with Gasteiger partial charge in [-0.2, -0.15) is 0 Å². The highest BCUT2D eigenvalue weighted by atomic mass is 19.1. The lowest BCUT2D eigenvalue weighted by Gasteiger charge is -2.02. The van der Waals surface area contributed by atoms with E-state index in [-0.39, 0.29) is 11.1 Å². The van der Waals surface area contributed by atoms with E-state index >= 15 is 0 Å². The van der Waals surface area contributed by atoms with E-state index in [1.165, 1.54) is 18.2 Å². The maximum atomic E-state index is 12.1. The van der Waals surface area contributed by atoms with Crippen molar-refractivity contribution in [3.8, 4) is 5.75 Å². The number of hydrogen-bond acceptors (Lipinski definition) is 2. The predicted molar refractivity (Wildman–Crippen MR) is 39.9 cm³/mol. The summed E-state index contributed by atoms with van der Waals surface area (Å²) < 4.78 is 12.1. The Morgan fingerprint density at radius 1 is 1.50 bits per heavy atom. The molecule has 0 radical (unpaired) electrons. The van der Waals surface area contributed by atoms with E-state index in [9.17, 15) is 9.18 Å². The highest BCUT2D eigenvalue weighted by molar-refractivity contribution is 5.91. The van der Waals surface area contributed by atoms with E-state index < -0.39 is 18.4 Å². The molecule has 0 amide bonds. The topological polar surface area (TPSA) is 57.5 Å². The van der Waals surface area contributed by atoms with E-state index in [2.05, 4.69) is 0 Å². The molecule has 2 N–H and O–H groups in total. The number of rotatable bonds is 2. The molecule has 0 aliphatic heterocycles. The molecule has 12 heavy (non-hydrogen) atoms. The molecule has 0 bridgehead atoms. The lowest BCUT2D eigenvalue weighted by molar-refractivity contribution is 0.0693. The molecule has 1 aromatic carbocycles. The molecule has 0 spiro atoms. The number of carboxylic acids is 1. The van der Waals surface area contributed by atoms with E-state index in [1.54, 1.807) is 0 Å². The second-order valence-corrected chi connectivity index (χ2v) is 2.25. The number of benzene rings is 1. The number of carboxylic acid groups (broad SMARTS) is 1. The Kier molecular flexibility index (Phi) is 2.28. The first kappa shape index (κ1) is 8.52. The number of halogens is 1. The fraction of sp³-hybridized carbons (Fsp3) is 0.125. The largest absolute Gasteiger partial charge is 0.507 e. The van der Waals surface area contributed by atoms with Crippen molar-refractivity contribution >= 4 is 5.97 Å². The van der Waals surface area contributed by atoms with Gasteiger partial charge < -0.3 is 10.2 Å². The van der Waals surface area contributed by atoms with Gasteiger partial charge in [-0.05, 0) is 6.07 Å². The number of carbonyl (C=O) groups is 1. The fourth-order valence-electron chi connectivity index (χ4n) is 0.872. The molecule has 0 aliphatic carbocycles. The van der Waals surface area contributed by atoms with Crippen LogP contribution in [0.3, 0.4) is 0 Å². The first-order valence-corrected chi connectivity index (χ1v) is 3.27. The lowest BCUT2D eigenvalue weighted by Crippen LogP contribution is -1.97. The minimum atomic E-state index is -1.26. The first-order valence-electron chi connectivity index (χ1n) is 3.27. The van der Waals surface area contributed by atoms with Crippen LogP contribution < -0.4 is 0 Å². The number of alkyl halides is 1. The van der Waals surface area contributed by atoms with Crippen LogP contribution in [0.15, 0.2) is 18.2 Å². The summed E-state index contributed by atoms with van der Waals surface area (Å²) in [4.78, 5) is 10.4. The SMILES string of the molecule is O=C(O)c1cccc(CF)c1O. The molecule has 0 atom stereocenters. The minimum absolute atomic E-state index is 0.00472. The number of phenols is 1. The molecule has 0 fully saturated rings. The summed E-state index contributed by atoms with van der Waals surface area (Å²) in [5, 5.41) is 17.6. The zero-order valence-electron chi connectivity index (χ0n) is 6.12. The minimum Gasteiger partial charge on any atom is -0.507 e. The normalized spacial score (nSPS) is 9.75. The third kappa shape index (κ3) is 1.37. The van der Waals surface area contributed by atoms with Crippen molar-refractivity contribution in [1.82, 2.24) is 0 Å². The Bertz CT molecular complexity index is 309. The van der Waals surface area contributed by atoms with Gasteiger partial charge in [0, 0.05) is 5.56 Å². The zero-order valence-corrected chi connectivity index (χ0v) is 6.12. The molecule has 1 rings (SSSR count). The van der Waals surface area contributed by atoms with Crippen LogP contribution in [0.4, 0.5) is 4.39 Å². The standard InChI is InChI=1S/C8H7FO3/c9-4-5-2-1-3-6(7(5)10)8(11)12/h1-3,10H,4H2,(H,11,12). The number of hydrogen-bond donors (Lipinski definition) is 2. The smallest absolute Gasteiger partial charge is 0.339 e.